The normalized spacial score (nSPS) is 11.0. The molecular formula is C15H18FN3O. The highest BCUT2D eigenvalue weighted by molar-refractivity contribution is 5.96. The van der Waals surface area contributed by atoms with Gasteiger partial charge in [0.15, 0.2) is 5.78 Å². The summed E-state index contributed by atoms with van der Waals surface area (Å²) in [5.74, 6) is 0.310. The van der Waals surface area contributed by atoms with Gasteiger partial charge in [-0.15, -0.1) is 0 Å². The summed E-state index contributed by atoms with van der Waals surface area (Å²) in [6.45, 7) is 1.23. The first kappa shape index (κ1) is 14.4. The lowest BCUT2D eigenvalue weighted by Crippen LogP contribution is -2.23. The summed E-state index contributed by atoms with van der Waals surface area (Å²) < 4.78 is 15.4. The average molecular weight is 275 g/mol. The van der Waals surface area contributed by atoms with Crippen LogP contribution < -0.4 is 0 Å². The highest BCUT2D eigenvalue weighted by Gasteiger charge is 2.12. The third-order valence-electron chi connectivity index (χ3n) is 3.23. The SMILES string of the molecule is CN(CCC(=O)c1ccccc1F)Cc1nccn1C. The minimum Gasteiger partial charge on any atom is -0.337 e. The van der Waals surface area contributed by atoms with E-state index < -0.39 is 5.82 Å². The van der Waals surface area contributed by atoms with Crippen molar-refractivity contribution in [2.24, 2.45) is 7.05 Å². The van der Waals surface area contributed by atoms with Gasteiger partial charge in [-0.05, 0) is 19.2 Å². The molecule has 0 aliphatic heterocycles. The molecule has 0 aliphatic carbocycles. The predicted octanol–water partition coefficient (Wildman–Crippen LogP) is 2.26. The van der Waals surface area contributed by atoms with Crippen molar-refractivity contribution < 1.29 is 9.18 Å². The van der Waals surface area contributed by atoms with Crippen LogP contribution in [0.25, 0.3) is 0 Å². The van der Waals surface area contributed by atoms with E-state index in [1.165, 1.54) is 12.1 Å². The summed E-state index contributed by atoms with van der Waals surface area (Å²) >= 11 is 0. The van der Waals surface area contributed by atoms with E-state index in [-0.39, 0.29) is 11.3 Å². The molecule has 5 heteroatoms. The molecule has 2 aromatic rings. The van der Waals surface area contributed by atoms with Crippen molar-refractivity contribution in [3.05, 3.63) is 53.9 Å². The van der Waals surface area contributed by atoms with Crippen LogP contribution in [-0.2, 0) is 13.6 Å². The fourth-order valence-electron chi connectivity index (χ4n) is 1.98. The van der Waals surface area contributed by atoms with Crippen molar-refractivity contribution in [2.75, 3.05) is 13.6 Å². The Morgan fingerprint density at radius 3 is 2.80 bits per heavy atom. The summed E-state index contributed by atoms with van der Waals surface area (Å²) in [7, 11) is 3.85. The smallest absolute Gasteiger partial charge is 0.167 e. The van der Waals surface area contributed by atoms with Crippen molar-refractivity contribution in [1.29, 1.82) is 0 Å². The van der Waals surface area contributed by atoms with Crippen molar-refractivity contribution in [2.45, 2.75) is 13.0 Å². The Labute approximate surface area is 117 Å². The number of hydrogen-bond acceptors (Lipinski definition) is 3. The summed E-state index contributed by atoms with van der Waals surface area (Å²) in [6.07, 6.45) is 3.92. The molecule has 0 unspecified atom stereocenters. The molecule has 1 aromatic heterocycles. The number of halogens is 1. The molecule has 0 amide bonds. The van der Waals surface area contributed by atoms with E-state index in [1.807, 2.05) is 29.8 Å². The molecule has 0 bridgehead atoms. The molecule has 0 saturated heterocycles. The van der Waals surface area contributed by atoms with E-state index in [1.54, 1.807) is 18.3 Å². The molecule has 0 radical (unpaired) electrons. The van der Waals surface area contributed by atoms with E-state index in [2.05, 4.69) is 4.98 Å². The van der Waals surface area contributed by atoms with Gasteiger partial charge in [0, 0.05) is 32.4 Å². The monoisotopic (exact) mass is 275 g/mol. The van der Waals surface area contributed by atoms with Crippen LogP contribution in [-0.4, -0.2) is 33.8 Å². The highest BCUT2D eigenvalue weighted by Crippen LogP contribution is 2.10. The van der Waals surface area contributed by atoms with Gasteiger partial charge in [-0.3, -0.25) is 9.69 Å². The number of ketones is 1. The second kappa shape index (κ2) is 6.43. The van der Waals surface area contributed by atoms with Gasteiger partial charge < -0.3 is 4.57 Å². The zero-order chi connectivity index (χ0) is 14.5. The molecule has 20 heavy (non-hydrogen) atoms. The lowest BCUT2D eigenvalue weighted by molar-refractivity contribution is 0.0963. The van der Waals surface area contributed by atoms with Crippen molar-refractivity contribution in [3.63, 3.8) is 0 Å². The maximum Gasteiger partial charge on any atom is 0.167 e. The largest absolute Gasteiger partial charge is 0.337 e. The Morgan fingerprint density at radius 1 is 1.40 bits per heavy atom. The minimum atomic E-state index is -0.454. The van der Waals surface area contributed by atoms with Gasteiger partial charge in [-0.25, -0.2) is 9.37 Å². The molecule has 0 spiro atoms. The molecule has 106 valence electrons. The van der Waals surface area contributed by atoms with Gasteiger partial charge in [0.2, 0.25) is 0 Å². The third-order valence-corrected chi connectivity index (χ3v) is 3.23. The summed E-state index contributed by atoms with van der Waals surface area (Å²) in [4.78, 5) is 18.2. The van der Waals surface area contributed by atoms with Gasteiger partial charge in [-0.2, -0.15) is 0 Å². The molecular weight excluding hydrogens is 257 g/mol. The Kier molecular flexibility index (Phi) is 4.63. The van der Waals surface area contributed by atoms with Gasteiger partial charge >= 0.3 is 0 Å². The number of rotatable bonds is 6. The number of hydrogen-bond donors (Lipinski definition) is 0. The van der Waals surface area contributed by atoms with E-state index in [0.29, 0.717) is 19.5 Å². The molecule has 0 fully saturated rings. The quantitative estimate of drug-likeness (QED) is 0.759. The van der Waals surface area contributed by atoms with E-state index in [0.717, 1.165) is 5.82 Å². The van der Waals surface area contributed by atoms with Crippen LogP contribution in [0.3, 0.4) is 0 Å². The number of Topliss-reactive ketones (excluding diaryl/α,β-unsaturated/α-hetero) is 1. The number of carbonyl (C=O) groups is 1. The summed E-state index contributed by atoms with van der Waals surface area (Å²) in [5.41, 5.74) is 0.165. The fourth-order valence-corrected chi connectivity index (χ4v) is 1.98. The number of benzene rings is 1. The van der Waals surface area contributed by atoms with Crippen LogP contribution in [0.1, 0.15) is 22.6 Å². The summed E-state index contributed by atoms with van der Waals surface area (Å²) in [5, 5.41) is 0. The Hall–Kier alpha value is -2.01. The molecule has 0 N–H and O–H groups in total. The standard InChI is InChI=1S/C15H18FN3O/c1-18(11-15-17-8-10-19(15)2)9-7-14(20)12-5-3-4-6-13(12)16/h3-6,8,10H,7,9,11H2,1-2H3. The first-order valence-electron chi connectivity index (χ1n) is 6.50. The van der Waals surface area contributed by atoms with Crippen molar-refractivity contribution in [3.8, 4) is 0 Å². The zero-order valence-corrected chi connectivity index (χ0v) is 11.7. The minimum absolute atomic E-state index is 0.165. The van der Waals surface area contributed by atoms with Crippen LogP contribution in [0.4, 0.5) is 4.39 Å². The predicted molar refractivity (Wildman–Crippen MR) is 74.9 cm³/mol. The third kappa shape index (κ3) is 3.51. The summed E-state index contributed by atoms with van der Waals surface area (Å²) in [6, 6.07) is 6.09. The second-order valence-corrected chi connectivity index (χ2v) is 4.85. The maximum absolute atomic E-state index is 13.5. The van der Waals surface area contributed by atoms with Crippen molar-refractivity contribution in [1.82, 2.24) is 14.5 Å². The number of aromatic nitrogens is 2. The number of nitrogens with zero attached hydrogens (tertiary/aromatic N) is 3. The second-order valence-electron chi connectivity index (χ2n) is 4.85. The maximum atomic E-state index is 13.5. The molecule has 0 atom stereocenters. The number of imidazole rings is 1. The number of carbonyl (C=O) groups excluding carboxylic acids is 1. The molecule has 1 heterocycles. The fraction of sp³-hybridized carbons (Fsp3) is 0.333. The van der Waals surface area contributed by atoms with Gasteiger partial charge in [0.05, 0.1) is 12.1 Å². The van der Waals surface area contributed by atoms with Gasteiger partial charge in [0.1, 0.15) is 11.6 Å². The van der Waals surface area contributed by atoms with Crippen LogP contribution in [0.15, 0.2) is 36.7 Å². The molecule has 4 nitrogen and oxygen atoms in total. The van der Waals surface area contributed by atoms with Crippen LogP contribution in [0, 0.1) is 5.82 Å². The number of aryl methyl sites for hydroxylation is 1. The Balaban J connectivity index is 1.87. The highest BCUT2D eigenvalue weighted by atomic mass is 19.1. The lowest BCUT2D eigenvalue weighted by atomic mass is 10.1. The average Bonchev–Trinajstić information content (AvgIpc) is 2.82. The lowest BCUT2D eigenvalue weighted by Gasteiger charge is -2.15. The first-order chi connectivity index (χ1) is 9.58. The molecule has 0 aliphatic rings. The van der Waals surface area contributed by atoms with E-state index >= 15 is 0 Å². The molecule has 0 saturated carbocycles. The van der Waals surface area contributed by atoms with Crippen LogP contribution in [0.2, 0.25) is 0 Å². The first-order valence-corrected chi connectivity index (χ1v) is 6.50. The van der Waals surface area contributed by atoms with Gasteiger partial charge in [-0.1, -0.05) is 12.1 Å². The molecule has 1 aromatic carbocycles. The molecule has 2 rings (SSSR count). The van der Waals surface area contributed by atoms with Crippen LogP contribution in [0.5, 0.6) is 0 Å². The Bertz CT molecular complexity index is 594. The van der Waals surface area contributed by atoms with Gasteiger partial charge in [0.25, 0.3) is 0 Å². The topological polar surface area (TPSA) is 38.1 Å². The van der Waals surface area contributed by atoms with E-state index in [9.17, 15) is 9.18 Å². The van der Waals surface area contributed by atoms with E-state index in [4.69, 9.17) is 0 Å². The van der Waals surface area contributed by atoms with Crippen LogP contribution >= 0.6 is 0 Å². The van der Waals surface area contributed by atoms with Crippen molar-refractivity contribution >= 4 is 5.78 Å². The zero-order valence-electron chi connectivity index (χ0n) is 11.7. The Morgan fingerprint density at radius 2 is 2.15 bits per heavy atom.